The van der Waals surface area contributed by atoms with Gasteiger partial charge in [0.25, 0.3) is 11.8 Å². The summed E-state index contributed by atoms with van der Waals surface area (Å²) in [5, 5.41) is 4.65. The molecule has 2 fully saturated rings. The Hall–Kier alpha value is -3.49. The molecule has 2 aliphatic heterocycles. The normalized spacial score (nSPS) is 21.4. The molecule has 2 aromatic rings. The van der Waals surface area contributed by atoms with Crippen LogP contribution in [0, 0.1) is 11.6 Å². The highest BCUT2D eigenvalue weighted by molar-refractivity contribution is 6.13. The number of likely N-dealkylation sites (tertiary alicyclic amines) is 1. The highest BCUT2D eigenvalue weighted by Crippen LogP contribution is 2.52. The highest BCUT2D eigenvalue weighted by atomic mass is 19.1. The van der Waals surface area contributed by atoms with E-state index in [1.165, 1.54) is 12.1 Å². The van der Waals surface area contributed by atoms with Gasteiger partial charge >= 0.3 is 6.03 Å². The summed E-state index contributed by atoms with van der Waals surface area (Å²) in [6.45, 7) is 1.01. The number of nitrogens with zero attached hydrogens (tertiary/aromatic N) is 1. The summed E-state index contributed by atoms with van der Waals surface area (Å²) in [4.78, 5) is 38.4. The van der Waals surface area contributed by atoms with Gasteiger partial charge in [0.15, 0.2) is 12.1 Å². The number of fused-ring (bicyclic) bond motifs is 5. The number of benzene rings is 2. The van der Waals surface area contributed by atoms with E-state index in [-0.39, 0.29) is 29.4 Å². The molecule has 7 nitrogen and oxygen atoms in total. The first-order valence-corrected chi connectivity index (χ1v) is 9.09. The van der Waals surface area contributed by atoms with Crippen LogP contribution in [0.15, 0.2) is 30.3 Å². The molecule has 4 amide bonds. The monoisotopic (exact) mass is 399 g/mol. The van der Waals surface area contributed by atoms with E-state index in [2.05, 4.69) is 10.6 Å². The van der Waals surface area contributed by atoms with Crippen LogP contribution in [0.1, 0.15) is 17.5 Å². The molecule has 5 rings (SSSR count). The fraction of sp³-hybridized carbons (Fsp3) is 0.250. The van der Waals surface area contributed by atoms with Crippen molar-refractivity contribution in [3.63, 3.8) is 0 Å². The standard InChI is InChI=1S/C20H15F2N3O4/c21-10-2-3-12-13(6-10)20(18(27)23-19(28)24-20)14-7-11(22)8-15(17(12)14)29-9-16(26)25-4-1-5-25/h2-3,6-8H,1,4-5,9H2,(H2,23,24,27,28). The summed E-state index contributed by atoms with van der Waals surface area (Å²) in [5.41, 5.74) is -0.681. The smallest absolute Gasteiger partial charge is 0.322 e. The van der Waals surface area contributed by atoms with Crippen molar-refractivity contribution >= 4 is 17.8 Å². The van der Waals surface area contributed by atoms with Crippen LogP contribution in [0.2, 0.25) is 0 Å². The van der Waals surface area contributed by atoms with Crippen LogP contribution in [-0.4, -0.2) is 42.4 Å². The molecule has 2 aromatic carbocycles. The number of amides is 4. The molecular formula is C20H15F2N3O4. The first kappa shape index (κ1) is 17.6. The number of carbonyl (C=O) groups is 3. The summed E-state index contributed by atoms with van der Waals surface area (Å²) >= 11 is 0. The number of ether oxygens (including phenoxy) is 1. The summed E-state index contributed by atoms with van der Waals surface area (Å²) in [6, 6.07) is 5.24. The zero-order valence-corrected chi connectivity index (χ0v) is 15.1. The van der Waals surface area contributed by atoms with Gasteiger partial charge in [-0.2, -0.15) is 0 Å². The van der Waals surface area contributed by atoms with E-state index >= 15 is 0 Å². The molecule has 1 atom stereocenters. The van der Waals surface area contributed by atoms with Crippen molar-refractivity contribution in [1.82, 2.24) is 15.5 Å². The van der Waals surface area contributed by atoms with Gasteiger partial charge in [0, 0.05) is 35.8 Å². The lowest BCUT2D eigenvalue weighted by molar-refractivity contribution is -0.136. The zero-order chi connectivity index (χ0) is 20.3. The SMILES string of the molecule is O=C1NC(=O)C2(N1)c1cc(F)ccc1-c1c(OCC(=O)N3CCC3)cc(F)cc12. The fourth-order valence-corrected chi connectivity index (χ4v) is 4.09. The third kappa shape index (κ3) is 2.43. The maximum absolute atomic E-state index is 14.5. The van der Waals surface area contributed by atoms with E-state index in [1.807, 2.05) is 0 Å². The minimum absolute atomic E-state index is 0.0487. The second kappa shape index (κ2) is 6.00. The quantitative estimate of drug-likeness (QED) is 0.769. The molecule has 2 N–H and O–H groups in total. The molecule has 9 heteroatoms. The summed E-state index contributed by atoms with van der Waals surface area (Å²) < 4.78 is 34.1. The molecule has 0 radical (unpaired) electrons. The van der Waals surface area contributed by atoms with E-state index in [4.69, 9.17) is 4.74 Å². The van der Waals surface area contributed by atoms with E-state index in [0.717, 1.165) is 24.6 Å². The van der Waals surface area contributed by atoms with Crippen molar-refractivity contribution in [3.05, 3.63) is 53.1 Å². The number of carbonyl (C=O) groups excluding carboxylic acids is 3. The molecule has 1 spiro atoms. The molecule has 1 aliphatic carbocycles. The lowest BCUT2D eigenvalue weighted by Crippen LogP contribution is -2.44. The van der Waals surface area contributed by atoms with Crippen LogP contribution in [0.4, 0.5) is 13.6 Å². The second-order valence-electron chi connectivity index (χ2n) is 7.20. The maximum Gasteiger partial charge on any atom is 0.322 e. The maximum atomic E-state index is 14.5. The van der Waals surface area contributed by atoms with Crippen molar-refractivity contribution in [3.8, 4) is 16.9 Å². The first-order chi connectivity index (χ1) is 13.9. The molecule has 2 saturated heterocycles. The van der Waals surface area contributed by atoms with Gasteiger partial charge in [-0.3, -0.25) is 14.9 Å². The molecule has 0 aromatic heterocycles. The van der Waals surface area contributed by atoms with Crippen LogP contribution in [0.5, 0.6) is 5.75 Å². The number of imide groups is 1. The Balaban J connectivity index is 1.65. The van der Waals surface area contributed by atoms with Crippen LogP contribution < -0.4 is 15.4 Å². The molecular weight excluding hydrogens is 384 g/mol. The van der Waals surface area contributed by atoms with Crippen molar-refractivity contribution in [1.29, 1.82) is 0 Å². The van der Waals surface area contributed by atoms with Gasteiger partial charge in [-0.1, -0.05) is 6.07 Å². The van der Waals surface area contributed by atoms with Gasteiger partial charge in [-0.05, 0) is 30.2 Å². The largest absolute Gasteiger partial charge is 0.483 e. The van der Waals surface area contributed by atoms with Gasteiger partial charge < -0.3 is 15.0 Å². The number of halogens is 2. The third-order valence-corrected chi connectivity index (χ3v) is 5.55. The predicted octanol–water partition coefficient (Wildman–Crippen LogP) is 1.64. The van der Waals surface area contributed by atoms with E-state index in [9.17, 15) is 23.2 Å². The van der Waals surface area contributed by atoms with Crippen LogP contribution in [-0.2, 0) is 15.1 Å². The van der Waals surface area contributed by atoms with Crippen molar-refractivity contribution in [2.45, 2.75) is 12.0 Å². The van der Waals surface area contributed by atoms with E-state index in [1.54, 1.807) is 4.90 Å². The lowest BCUT2D eigenvalue weighted by Gasteiger charge is -2.30. The Labute approximate surface area is 163 Å². The van der Waals surface area contributed by atoms with Crippen LogP contribution in [0.25, 0.3) is 11.1 Å². The van der Waals surface area contributed by atoms with Gasteiger partial charge in [0.1, 0.15) is 17.4 Å². The molecule has 148 valence electrons. The van der Waals surface area contributed by atoms with Crippen LogP contribution >= 0.6 is 0 Å². The molecule has 3 aliphatic rings. The van der Waals surface area contributed by atoms with Crippen molar-refractivity contribution in [2.75, 3.05) is 19.7 Å². The number of rotatable bonds is 3. The average molecular weight is 399 g/mol. The van der Waals surface area contributed by atoms with Gasteiger partial charge in [-0.25, -0.2) is 13.6 Å². The summed E-state index contributed by atoms with van der Waals surface area (Å²) in [6.07, 6.45) is 0.928. The molecule has 0 bridgehead atoms. The number of hydrogen-bond acceptors (Lipinski definition) is 4. The fourth-order valence-electron chi connectivity index (χ4n) is 4.09. The number of hydrogen-bond donors (Lipinski definition) is 2. The summed E-state index contributed by atoms with van der Waals surface area (Å²) in [7, 11) is 0. The average Bonchev–Trinajstić information content (AvgIpc) is 3.06. The zero-order valence-electron chi connectivity index (χ0n) is 15.1. The highest BCUT2D eigenvalue weighted by Gasteiger charge is 2.56. The van der Waals surface area contributed by atoms with Gasteiger partial charge in [-0.15, -0.1) is 0 Å². The Morgan fingerprint density at radius 3 is 2.52 bits per heavy atom. The Morgan fingerprint density at radius 2 is 1.86 bits per heavy atom. The molecule has 1 unspecified atom stereocenters. The minimum Gasteiger partial charge on any atom is -0.483 e. The molecule has 29 heavy (non-hydrogen) atoms. The van der Waals surface area contributed by atoms with E-state index in [0.29, 0.717) is 24.2 Å². The predicted molar refractivity (Wildman–Crippen MR) is 95.9 cm³/mol. The Kier molecular flexibility index (Phi) is 3.64. The molecule has 2 heterocycles. The Bertz CT molecular complexity index is 1100. The third-order valence-electron chi connectivity index (χ3n) is 5.55. The van der Waals surface area contributed by atoms with Crippen LogP contribution in [0.3, 0.4) is 0 Å². The van der Waals surface area contributed by atoms with Crippen molar-refractivity contribution < 1.29 is 27.9 Å². The molecule has 0 saturated carbocycles. The minimum atomic E-state index is -1.76. The lowest BCUT2D eigenvalue weighted by atomic mass is 9.87. The second-order valence-corrected chi connectivity index (χ2v) is 7.20. The van der Waals surface area contributed by atoms with Crippen molar-refractivity contribution in [2.24, 2.45) is 0 Å². The topological polar surface area (TPSA) is 87.7 Å². The summed E-state index contributed by atoms with van der Waals surface area (Å²) in [5.74, 6) is -2.24. The van der Waals surface area contributed by atoms with Gasteiger partial charge in [0.2, 0.25) is 0 Å². The van der Waals surface area contributed by atoms with Gasteiger partial charge in [0.05, 0.1) is 0 Å². The van der Waals surface area contributed by atoms with E-state index < -0.39 is 29.1 Å². The number of nitrogens with one attached hydrogen (secondary N) is 2. The first-order valence-electron chi connectivity index (χ1n) is 9.09. The number of urea groups is 1. The Morgan fingerprint density at radius 1 is 1.10 bits per heavy atom.